The van der Waals surface area contributed by atoms with Crippen molar-refractivity contribution in [2.75, 3.05) is 19.6 Å². The van der Waals surface area contributed by atoms with Gasteiger partial charge in [-0.25, -0.2) is 0 Å². The fraction of sp³-hybridized carbons (Fsp3) is 0.556. The number of fused-ring (bicyclic) bond motifs is 1. The van der Waals surface area contributed by atoms with Crippen LogP contribution >= 0.6 is 11.3 Å². The normalized spacial score (nSPS) is 22.0. The average Bonchev–Trinajstić information content (AvgIpc) is 3.07. The summed E-state index contributed by atoms with van der Waals surface area (Å²) >= 11 is 1.84. The third kappa shape index (κ3) is 2.87. The number of thiophene rings is 1. The molecule has 114 valence electrons. The summed E-state index contributed by atoms with van der Waals surface area (Å²) in [6, 6.07) is 9.06. The topological polar surface area (TPSA) is 29.3 Å². The maximum absolute atomic E-state index is 6.15. The maximum Gasteiger partial charge on any atom is 0.0484 e. The van der Waals surface area contributed by atoms with E-state index in [-0.39, 0.29) is 0 Å². The summed E-state index contributed by atoms with van der Waals surface area (Å²) in [5, 5.41) is 3.70. The van der Waals surface area contributed by atoms with Crippen molar-refractivity contribution < 1.29 is 0 Å². The lowest BCUT2D eigenvalue weighted by atomic mass is 9.80. The molecular weight excluding hydrogens is 276 g/mol. The molecule has 0 saturated carbocycles. The summed E-state index contributed by atoms with van der Waals surface area (Å²) in [4.78, 5) is 2.60. The van der Waals surface area contributed by atoms with Crippen LogP contribution in [-0.2, 0) is 0 Å². The number of nitrogens with two attached hydrogens (primary N) is 1. The Morgan fingerprint density at radius 1 is 1.33 bits per heavy atom. The molecule has 1 saturated heterocycles. The first-order valence-electron chi connectivity index (χ1n) is 7.91. The molecule has 2 nitrogen and oxygen atoms in total. The van der Waals surface area contributed by atoms with E-state index >= 15 is 0 Å². The van der Waals surface area contributed by atoms with Gasteiger partial charge in [-0.15, -0.1) is 11.3 Å². The summed E-state index contributed by atoms with van der Waals surface area (Å²) in [7, 11) is 0. The monoisotopic (exact) mass is 302 g/mol. The van der Waals surface area contributed by atoms with Gasteiger partial charge in [0.15, 0.2) is 0 Å². The molecule has 2 unspecified atom stereocenters. The molecule has 2 heterocycles. The Hall–Kier alpha value is -0.900. The van der Waals surface area contributed by atoms with Gasteiger partial charge in [0.25, 0.3) is 0 Å². The Morgan fingerprint density at radius 3 is 2.76 bits per heavy atom. The number of nitrogens with zero attached hydrogens (tertiary/aromatic N) is 1. The fourth-order valence-corrected chi connectivity index (χ4v) is 4.51. The van der Waals surface area contributed by atoms with Gasteiger partial charge in [0.1, 0.15) is 0 Å². The molecule has 1 aliphatic heterocycles. The molecule has 2 atom stereocenters. The van der Waals surface area contributed by atoms with Crippen LogP contribution < -0.4 is 5.73 Å². The van der Waals surface area contributed by atoms with Crippen molar-refractivity contribution in [3.8, 4) is 0 Å². The molecule has 0 radical (unpaired) electrons. The highest BCUT2D eigenvalue weighted by Crippen LogP contribution is 2.39. The van der Waals surface area contributed by atoms with Gasteiger partial charge in [-0.05, 0) is 46.7 Å². The Bertz CT molecular complexity index is 611. The van der Waals surface area contributed by atoms with E-state index in [0.717, 1.165) is 5.92 Å². The lowest BCUT2D eigenvalue weighted by Crippen LogP contribution is -2.33. The van der Waals surface area contributed by atoms with Crippen molar-refractivity contribution in [1.29, 1.82) is 0 Å². The van der Waals surface area contributed by atoms with Crippen LogP contribution in [0.25, 0.3) is 10.1 Å². The molecule has 3 heteroatoms. The Labute approximate surface area is 131 Å². The average molecular weight is 302 g/mol. The molecule has 1 fully saturated rings. The van der Waals surface area contributed by atoms with E-state index in [9.17, 15) is 0 Å². The van der Waals surface area contributed by atoms with Gasteiger partial charge < -0.3 is 5.73 Å². The highest BCUT2D eigenvalue weighted by molar-refractivity contribution is 7.17. The minimum Gasteiger partial charge on any atom is -0.329 e. The fourth-order valence-electron chi connectivity index (χ4n) is 3.51. The van der Waals surface area contributed by atoms with Crippen LogP contribution in [-0.4, -0.2) is 24.5 Å². The number of rotatable bonds is 3. The van der Waals surface area contributed by atoms with E-state index in [1.165, 1.54) is 35.2 Å². The smallest absolute Gasteiger partial charge is 0.0484 e. The van der Waals surface area contributed by atoms with Crippen LogP contribution in [0.15, 0.2) is 29.6 Å². The second-order valence-corrected chi connectivity index (χ2v) is 8.20. The molecular formula is C18H26N2S. The highest BCUT2D eigenvalue weighted by atomic mass is 32.1. The summed E-state index contributed by atoms with van der Waals surface area (Å²) in [6.45, 7) is 10.1. The van der Waals surface area contributed by atoms with Crippen molar-refractivity contribution in [3.63, 3.8) is 0 Å². The van der Waals surface area contributed by atoms with Crippen LogP contribution in [0.3, 0.4) is 0 Å². The van der Waals surface area contributed by atoms with E-state index in [2.05, 4.69) is 55.3 Å². The van der Waals surface area contributed by atoms with Crippen LogP contribution in [0.2, 0.25) is 0 Å². The van der Waals surface area contributed by atoms with Crippen molar-refractivity contribution in [3.05, 3.63) is 35.2 Å². The molecule has 2 N–H and O–H groups in total. The van der Waals surface area contributed by atoms with Gasteiger partial charge in [0.2, 0.25) is 0 Å². The minimum atomic E-state index is 0.369. The molecule has 3 rings (SSSR count). The molecule has 21 heavy (non-hydrogen) atoms. The Morgan fingerprint density at radius 2 is 2.10 bits per heavy atom. The molecule has 1 aromatic heterocycles. The lowest BCUT2D eigenvalue weighted by molar-refractivity contribution is 0.198. The quantitative estimate of drug-likeness (QED) is 0.917. The summed E-state index contributed by atoms with van der Waals surface area (Å²) in [5.41, 5.74) is 7.97. The Kier molecular flexibility index (Phi) is 4.08. The minimum absolute atomic E-state index is 0.369. The number of benzene rings is 1. The molecule has 0 aliphatic carbocycles. The zero-order valence-corrected chi connectivity index (χ0v) is 14.1. The third-order valence-electron chi connectivity index (χ3n) is 4.98. The van der Waals surface area contributed by atoms with Gasteiger partial charge in [0, 0.05) is 23.8 Å². The van der Waals surface area contributed by atoms with Gasteiger partial charge in [-0.3, -0.25) is 4.90 Å². The maximum atomic E-state index is 6.15. The van der Waals surface area contributed by atoms with Crippen molar-refractivity contribution in [2.45, 2.75) is 33.2 Å². The summed E-state index contributed by atoms with van der Waals surface area (Å²) in [6.07, 6.45) is 1.29. The first kappa shape index (κ1) is 15.0. The van der Waals surface area contributed by atoms with Gasteiger partial charge in [0.05, 0.1) is 0 Å². The molecule has 1 aromatic carbocycles. The SMILES string of the molecule is CC(C)(C)C1CCN(C(CN)c2csc3ccccc23)C1. The molecule has 0 bridgehead atoms. The van der Waals surface area contributed by atoms with Gasteiger partial charge in [-0.2, -0.15) is 0 Å². The van der Waals surface area contributed by atoms with Crippen LogP contribution in [0.1, 0.15) is 38.8 Å². The summed E-state index contributed by atoms with van der Waals surface area (Å²) in [5.74, 6) is 0.774. The predicted octanol–water partition coefficient (Wildman–Crippen LogP) is 4.27. The van der Waals surface area contributed by atoms with E-state index < -0.39 is 0 Å². The van der Waals surface area contributed by atoms with Crippen molar-refractivity contribution in [2.24, 2.45) is 17.1 Å². The zero-order valence-electron chi connectivity index (χ0n) is 13.3. The number of likely N-dealkylation sites (tertiary alicyclic amines) is 1. The van der Waals surface area contributed by atoms with E-state index in [0.29, 0.717) is 18.0 Å². The molecule has 0 amide bonds. The van der Waals surface area contributed by atoms with E-state index in [1.54, 1.807) is 0 Å². The number of hydrogen-bond donors (Lipinski definition) is 1. The largest absolute Gasteiger partial charge is 0.329 e. The van der Waals surface area contributed by atoms with Crippen LogP contribution in [0.4, 0.5) is 0 Å². The molecule has 2 aromatic rings. The zero-order chi connectivity index (χ0) is 15.0. The van der Waals surface area contributed by atoms with Gasteiger partial charge >= 0.3 is 0 Å². The summed E-state index contributed by atoms with van der Waals surface area (Å²) < 4.78 is 1.37. The first-order chi connectivity index (χ1) is 10.0. The molecule has 1 aliphatic rings. The molecule has 0 spiro atoms. The highest BCUT2D eigenvalue weighted by Gasteiger charge is 2.35. The second-order valence-electron chi connectivity index (χ2n) is 7.29. The third-order valence-corrected chi connectivity index (χ3v) is 5.96. The lowest BCUT2D eigenvalue weighted by Gasteiger charge is -2.30. The van der Waals surface area contributed by atoms with E-state index in [1.807, 2.05) is 11.3 Å². The Balaban J connectivity index is 1.86. The first-order valence-corrected chi connectivity index (χ1v) is 8.79. The van der Waals surface area contributed by atoms with Crippen molar-refractivity contribution in [1.82, 2.24) is 4.90 Å². The predicted molar refractivity (Wildman–Crippen MR) is 92.8 cm³/mol. The standard InChI is InChI=1S/C18H26N2S/c1-18(2,3)13-8-9-20(11-13)16(10-19)15-12-21-17-7-5-4-6-14(15)17/h4-7,12-13,16H,8-11,19H2,1-3H3. The van der Waals surface area contributed by atoms with Crippen LogP contribution in [0, 0.1) is 11.3 Å². The van der Waals surface area contributed by atoms with Crippen molar-refractivity contribution >= 4 is 21.4 Å². The van der Waals surface area contributed by atoms with Crippen LogP contribution in [0.5, 0.6) is 0 Å². The van der Waals surface area contributed by atoms with E-state index in [4.69, 9.17) is 5.73 Å². The number of hydrogen-bond acceptors (Lipinski definition) is 3. The van der Waals surface area contributed by atoms with Gasteiger partial charge in [-0.1, -0.05) is 39.0 Å². The second kappa shape index (κ2) is 5.71.